The zero-order valence-electron chi connectivity index (χ0n) is 17.4. The quantitative estimate of drug-likeness (QED) is 0.399. The fourth-order valence-corrected chi connectivity index (χ4v) is 4.39. The number of rotatable bonds is 8. The highest BCUT2D eigenvalue weighted by Gasteiger charge is 2.25. The predicted molar refractivity (Wildman–Crippen MR) is 125 cm³/mol. The van der Waals surface area contributed by atoms with Crippen LogP contribution >= 0.6 is 27.3 Å². The van der Waals surface area contributed by atoms with Gasteiger partial charge in [0, 0.05) is 14.9 Å². The maximum Gasteiger partial charge on any atom is 0.341 e. The molecule has 1 amide bonds. The average Bonchev–Trinajstić information content (AvgIpc) is 3.08. The third kappa shape index (κ3) is 5.45. The van der Waals surface area contributed by atoms with Gasteiger partial charge >= 0.3 is 5.97 Å². The number of carbonyl (C=O) groups excluding carboxylic acids is 2. The molecule has 0 saturated heterocycles. The molecule has 1 N–H and O–H groups in total. The van der Waals surface area contributed by atoms with Crippen LogP contribution in [0, 0.1) is 6.92 Å². The number of carbonyl (C=O) groups is 2. The molecule has 0 aliphatic rings. The molecule has 0 aliphatic heterocycles. The minimum atomic E-state index is -0.514. The number of methoxy groups -OCH3 is 1. The standard InChI is InChI=1S/C23H22BrNO5S/c1-4-29-17-7-5-6-8-18(17)30-13-19(26)25-22-21(23(27)28-3)20(14(2)31-22)15-9-11-16(24)12-10-15/h5-12H,4,13H2,1-3H3,(H,25,26). The lowest BCUT2D eigenvalue weighted by atomic mass is 10.0. The lowest BCUT2D eigenvalue weighted by Gasteiger charge is -2.12. The SMILES string of the molecule is CCOc1ccccc1OCC(=O)Nc1sc(C)c(-c2ccc(Br)cc2)c1C(=O)OC. The van der Waals surface area contributed by atoms with Crippen molar-refractivity contribution in [3.63, 3.8) is 0 Å². The number of para-hydroxylation sites is 2. The van der Waals surface area contributed by atoms with Crippen molar-refractivity contribution in [3.8, 4) is 22.6 Å². The molecule has 6 nitrogen and oxygen atoms in total. The first-order valence-electron chi connectivity index (χ1n) is 9.56. The van der Waals surface area contributed by atoms with E-state index in [1.165, 1.54) is 18.4 Å². The lowest BCUT2D eigenvalue weighted by molar-refractivity contribution is -0.118. The largest absolute Gasteiger partial charge is 0.490 e. The molecule has 162 valence electrons. The molecule has 0 saturated carbocycles. The second kappa shape index (κ2) is 10.5. The minimum absolute atomic E-state index is 0.227. The Labute approximate surface area is 193 Å². The first kappa shape index (κ1) is 22.8. The molecule has 0 fully saturated rings. The highest BCUT2D eigenvalue weighted by atomic mass is 79.9. The summed E-state index contributed by atoms with van der Waals surface area (Å²) in [4.78, 5) is 26.0. The molecule has 0 aliphatic carbocycles. The molecule has 0 radical (unpaired) electrons. The normalized spacial score (nSPS) is 10.5. The van der Waals surface area contributed by atoms with Crippen molar-refractivity contribution >= 4 is 44.1 Å². The van der Waals surface area contributed by atoms with Gasteiger partial charge < -0.3 is 19.5 Å². The third-order valence-electron chi connectivity index (χ3n) is 4.37. The average molecular weight is 504 g/mol. The van der Waals surface area contributed by atoms with E-state index in [4.69, 9.17) is 14.2 Å². The van der Waals surface area contributed by atoms with Crippen molar-refractivity contribution in [2.45, 2.75) is 13.8 Å². The number of benzene rings is 2. The molecular formula is C23H22BrNO5S. The van der Waals surface area contributed by atoms with Crippen molar-refractivity contribution in [1.82, 2.24) is 0 Å². The van der Waals surface area contributed by atoms with Gasteiger partial charge in [0.1, 0.15) is 10.6 Å². The van der Waals surface area contributed by atoms with Crippen LogP contribution in [0.3, 0.4) is 0 Å². The third-order valence-corrected chi connectivity index (χ3v) is 5.92. The van der Waals surface area contributed by atoms with Crippen LogP contribution in [0.25, 0.3) is 11.1 Å². The second-order valence-electron chi connectivity index (χ2n) is 6.45. The summed E-state index contributed by atoms with van der Waals surface area (Å²) in [5.74, 6) is 0.142. The first-order valence-corrected chi connectivity index (χ1v) is 11.2. The molecule has 1 heterocycles. The molecule has 3 aromatic rings. The lowest BCUT2D eigenvalue weighted by Crippen LogP contribution is -2.21. The molecule has 0 spiro atoms. The highest BCUT2D eigenvalue weighted by molar-refractivity contribution is 9.10. The van der Waals surface area contributed by atoms with Crippen LogP contribution in [-0.2, 0) is 9.53 Å². The Bertz CT molecular complexity index is 1080. The smallest absolute Gasteiger partial charge is 0.341 e. The van der Waals surface area contributed by atoms with E-state index in [0.29, 0.717) is 28.7 Å². The monoisotopic (exact) mass is 503 g/mol. The van der Waals surface area contributed by atoms with Crippen LogP contribution in [0.1, 0.15) is 22.2 Å². The van der Waals surface area contributed by atoms with E-state index in [1.54, 1.807) is 18.2 Å². The van der Waals surface area contributed by atoms with Gasteiger partial charge in [-0.15, -0.1) is 11.3 Å². The van der Waals surface area contributed by atoms with E-state index >= 15 is 0 Å². The number of esters is 1. The Morgan fingerprint density at radius 3 is 2.29 bits per heavy atom. The molecular weight excluding hydrogens is 482 g/mol. The molecule has 1 aromatic heterocycles. The van der Waals surface area contributed by atoms with Gasteiger partial charge in [-0.3, -0.25) is 4.79 Å². The number of nitrogens with one attached hydrogen (secondary N) is 1. The number of ether oxygens (including phenoxy) is 3. The predicted octanol–water partition coefficient (Wildman–Crippen LogP) is 5.69. The van der Waals surface area contributed by atoms with E-state index in [0.717, 1.165) is 20.5 Å². The molecule has 31 heavy (non-hydrogen) atoms. The Balaban J connectivity index is 1.83. The van der Waals surface area contributed by atoms with E-state index < -0.39 is 5.97 Å². The number of anilines is 1. The van der Waals surface area contributed by atoms with Gasteiger partial charge in [0.15, 0.2) is 18.1 Å². The summed E-state index contributed by atoms with van der Waals surface area (Å²) in [5, 5.41) is 3.22. The number of amides is 1. The summed E-state index contributed by atoms with van der Waals surface area (Å²) >= 11 is 4.74. The van der Waals surface area contributed by atoms with Gasteiger partial charge in [-0.25, -0.2) is 4.79 Å². The van der Waals surface area contributed by atoms with Crippen LogP contribution < -0.4 is 14.8 Å². The summed E-state index contributed by atoms with van der Waals surface area (Å²) in [6.45, 7) is 4.04. The summed E-state index contributed by atoms with van der Waals surface area (Å²) in [5.41, 5.74) is 1.93. The van der Waals surface area contributed by atoms with Gasteiger partial charge in [-0.1, -0.05) is 40.2 Å². The van der Waals surface area contributed by atoms with Crippen LogP contribution in [0.5, 0.6) is 11.5 Å². The first-order chi connectivity index (χ1) is 14.9. The maximum atomic E-state index is 12.6. The highest BCUT2D eigenvalue weighted by Crippen LogP contribution is 2.40. The van der Waals surface area contributed by atoms with Crippen molar-refractivity contribution in [1.29, 1.82) is 0 Å². The van der Waals surface area contributed by atoms with Gasteiger partial charge in [0.25, 0.3) is 5.91 Å². The number of hydrogen-bond acceptors (Lipinski definition) is 6. The van der Waals surface area contributed by atoms with E-state index in [9.17, 15) is 9.59 Å². The Kier molecular flexibility index (Phi) is 7.70. The maximum absolute atomic E-state index is 12.6. The van der Waals surface area contributed by atoms with Crippen molar-refractivity contribution in [2.75, 3.05) is 25.6 Å². The van der Waals surface area contributed by atoms with E-state index in [-0.39, 0.29) is 12.5 Å². The van der Waals surface area contributed by atoms with Crippen LogP contribution in [0.2, 0.25) is 0 Å². The summed E-state index contributed by atoms with van der Waals surface area (Å²) in [7, 11) is 1.32. The summed E-state index contributed by atoms with van der Waals surface area (Å²) < 4.78 is 17.1. The molecule has 0 atom stereocenters. The topological polar surface area (TPSA) is 73.9 Å². The van der Waals surface area contributed by atoms with Crippen molar-refractivity contribution < 1.29 is 23.8 Å². The molecule has 0 bridgehead atoms. The molecule has 8 heteroatoms. The Morgan fingerprint density at radius 1 is 1.03 bits per heavy atom. The van der Waals surface area contributed by atoms with Crippen LogP contribution in [-0.4, -0.2) is 32.2 Å². The Morgan fingerprint density at radius 2 is 1.68 bits per heavy atom. The molecule has 3 rings (SSSR count). The number of halogens is 1. The van der Waals surface area contributed by atoms with Gasteiger partial charge in [0.05, 0.1) is 13.7 Å². The summed E-state index contributed by atoms with van der Waals surface area (Å²) in [6.07, 6.45) is 0. The van der Waals surface area contributed by atoms with E-state index in [2.05, 4.69) is 21.2 Å². The number of hydrogen-bond donors (Lipinski definition) is 1. The second-order valence-corrected chi connectivity index (χ2v) is 8.59. The zero-order valence-corrected chi connectivity index (χ0v) is 19.8. The Hall–Kier alpha value is -2.84. The zero-order chi connectivity index (χ0) is 22.4. The van der Waals surface area contributed by atoms with Gasteiger partial charge in [0.2, 0.25) is 0 Å². The van der Waals surface area contributed by atoms with Gasteiger partial charge in [-0.2, -0.15) is 0 Å². The van der Waals surface area contributed by atoms with Crippen molar-refractivity contribution in [3.05, 3.63) is 63.4 Å². The van der Waals surface area contributed by atoms with E-state index in [1.807, 2.05) is 44.2 Å². The number of thiophene rings is 1. The van der Waals surface area contributed by atoms with Crippen LogP contribution in [0.15, 0.2) is 53.0 Å². The molecule has 0 unspecified atom stereocenters. The summed E-state index contributed by atoms with van der Waals surface area (Å²) in [6, 6.07) is 14.8. The van der Waals surface area contributed by atoms with Gasteiger partial charge in [-0.05, 0) is 43.7 Å². The van der Waals surface area contributed by atoms with Crippen LogP contribution in [0.4, 0.5) is 5.00 Å². The van der Waals surface area contributed by atoms with Crippen molar-refractivity contribution in [2.24, 2.45) is 0 Å². The fourth-order valence-electron chi connectivity index (χ4n) is 3.04. The number of aryl methyl sites for hydroxylation is 1. The minimum Gasteiger partial charge on any atom is -0.490 e. The fraction of sp³-hybridized carbons (Fsp3) is 0.217. The molecule has 2 aromatic carbocycles.